The summed E-state index contributed by atoms with van der Waals surface area (Å²) in [6.45, 7) is 5.54. The summed E-state index contributed by atoms with van der Waals surface area (Å²) in [5.41, 5.74) is -0.0678. The highest BCUT2D eigenvalue weighted by atomic mass is 16.6. The molecule has 1 saturated heterocycles. The fourth-order valence-corrected chi connectivity index (χ4v) is 3.09. The number of aryl methyl sites for hydroxylation is 1. The van der Waals surface area contributed by atoms with Crippen LogP contribution in [0.25, 0.3) is 11.2 Å². The molecule has 0 saturated carbocycles. The zero-order valence-corrected chi connectivity index (χ0v) is 14.7. The highest BCUT2D eigenvalue weighted by Gasteiger charge is 2.25. The molecule has 2 N–H and O–H groups in total. The van der Waals surface area contributed by atoms with Crippen LogP contribution in [-0.4, -0.2) is 62.9 Å². The molecule has 10 heteroatoms. The average Bonchev–Trinajstić information content (AvgIpc) is 3.03. The van der Waals surface area contributed by atoms with Gasteiger partial charge in [0.05, 0.1) is 32.8 Å². The molecule has 1 aliphatic rings. The molecule has 1 aliphatic heterocycles. The van der Waals surface area contributed by atoms with Gasteiger partial charge in [-0.05, 0) is 6.92 Å². The lowest BCUT2D eigenvalue weighted by atomic mass is 10.3. The van der Waals surface area contributed by atoms with Gasteiger partial charge in [0.2, 0.25) is 0 Å². The molecule has 0 aromatic carbocycles. The van der Waals surface area contributed by atoms with Crippen LogP contribution in [0.15, 0.2) is 9.59 Å². The fourth-order valence-electron chi connectivity index (χ4n) is 3.09. The van der Waals surface area contributed by atoms with Crippen LogP contribution in [0.5, 0.6) is 0 Å². The number of aromatic nitrogens is 4. The van der Waals surface area contributed by atoms with E-state index in [-0.39, 0.29) is 11.7 Å². The quantitative estimate of drug-likeness (QED) is 0.654. The number of quaternary nitrogens is 1. The highest BCUT2D eigenvalue weighted by Crippen LogP contribution is 2.03. The van der Waals surface area contributed by atoms with Gasteiger partial charge in [0.1, 0.15) is 12.1 Å². The molecule has 25 heavy (non-hydrogen) atoms. The van der Waals surface area contributed by atoms with Gasteiger partial charge >= 0.3 is 11.8 Å². The molecule has 0 bridgehead atoms. The molecule has 0 unspecified atom stereocenters. The Hall–Kier alpha value is -2.62. The van der Waals surface area contributed by atoms with Gasteiger partial charge < -0.3 is 14.6 Å². The zero-order chi connectivity index (χ0) is 18.1. The number of fused-ring (bicyclic) bond motifs is 1. The molecule has 3 heterocycles. The highest BCUT2D eigenvalue weighted by molar-refractivity contribution is 5.69. The monoisotopic (exact) mass is 351 g/mol. The van der Waals surface area contributed by atoms with E-state index in [1.54, 1.807) is 18.9 Å². The number of carbonyl (C=O) groups is 1. The second-order valence-corrected chi connectivity index (χ2v) is 6.20. The summed E-state index contributed by atoms with van der Waals surface area (Å²) in [5, 5.41) is 0. The van der Waals surface area contributed by atoms with Crippen molar-refractivity contribution in [3.05, 3.63) is 26.7 Å². The first-order chi connectivity index (χ1) is 11.9. The summed E-state index contributed by atoms with van der Waals surface area (Å²) in [6, 6.07) is 0. The lowest BCUT2D eigenvalue weighted by Gasteiger charge is -2.31. The third kappa shape index (κ3) is 3.16. The summed E-state index contributed by atoms with van der Waals surface area (Å²) in [6.07, 6.45) is -0.274. The van der Waals surface area contributed by atoms with E-state index in [1.165, 1.54) is 16.5 Å². The number of H-pyrrole nitrogens is 1. The third-order valence-electron chi connectivity index (χ3n) is 4.56. The number of ether oxygens (including phenoxy) is 1. The Balaban J connectivity index is 1.74. The second kappa shape index (κ2) is 6.71. The van der Waals surface area contributed by atoms with Crippen LogP contribution in [0.2, 0.25) is 0 Å². The van der Waals surface area contributed by atoms with Crippen LogP contribution >= 0.6 is 0 Å². The van der Waals surface area contributed by atoms with Crippen molar-refractivity contribution in [2.75, 3.05) is 32.8 Å². The Morgan fingerprint density at radius 1 is 1.24 bits per heavy atom. The van der Waals surface area contributed by atoms with Crippen molar-refractivity contribution >= 4 is 17.3 Å². The number of hydrogen-bond donors (Lipinski definition) is 2. The van der Waals surface area contributed by atoms with Crippen molar-refractivity contribution in [2.45, 2.75) is 13.5 Å². The Kier molecular flexibility index (Phi) is 4.62. The third-order valence-corrected chi connectivity index (χ3v) is 4.56. The lowest BCUT2D eigenvalue weighted by molar-refractivity contribution is -0.918. The first kappa shape index (κ1) is 17.2. The van der Waals surface area contributed by atoms with E-state index in [9.17, 15) is 14.4 Å². The molecule has 2 aromatic rings. The lowest BCUT2D eigenvalue weighted by Crippen LogP contribution is -3.13. The van der Waals surface area contributed by atoms with Crippen LogP contribution in [0, 0.1) is 0 Å². The summed E-state index contributed by atoms with van der Waals surface area (Å²) in [7, 11) is 3.05. The number of nitrogens with zero attached hydrogens (tertiary/aromatic N) is 4. The molecule has 10 nitrogen and oxygen atoms in total. The van der Waals surface area contributed by atoms with Crippen LogP contribution < -0.4 is 16.1 Å². The van der Waals surface area contributed by atoms with Gasteiger partial charge in [0.25, 0.3) is 5.56 Å². The summed E-state index contributed by atoms with van der Waals surface area (Å²) >= 11 is 0. The molecule has 0 aliphatic carbocycles. The number of hydrogen-bond acceptors (Lipinski definition) is 5. The van der Waals surface area contributed by atoms with E-state index in [4.69, 9.17) is 4.74 Å². The number of rotatable bonds is 3. The van der Waals surface area contributed by atoms with Gasteiger partial charge in [-0.25, -0.2) is 14.6 Å². The Morgan fingerprint density at radius 2 is 1.92 bits per heavy atom. The minimum atomic E-state index is -0.397. The van der Waals surface area contributed by atoms with Gasteiger partial charge in [0, 0.05) is 14.1 Å². The van der Waals surface area contributed by atoms with Crippen molar-refractivity contribution in [3.8, 4) is 0 Å². The van der Waals surface area contributed by atoms with E-state index in [0.29, 0.717) is 43.2 Å². The number of carbonyl (C=O) groups excluding carboxylic acids is 1. The van der Waals surface area contributed by atoms with Gasteiger partial charge in [0.15, 0.2) is 11.5 Å². The molecule has 0 atom stereocenters. The van der Waals surface area contributed by atoms with Gasteiger partial charge in [-0.2, -0.15) is 0 Å². The second-order valence-electron chi connectivity index (χ2n) is 6.20. The van der Waals surface area contributed by atoms with Gasteiger partial charge in [-0.1, -0.05) is 0 Å². The summed E-state index contributed by atoms with van der Waals surface area (Å²) in [5.74, 6) is 0.660. The van der Waals surface area contributed by atoms with Crippen molar-refractivity contribution < 1.29 is 14.4 Å². The zero-order valence-electron chi connectivity index (χ0n) is 14.7. The van der Waals surface area contributed by atoms with E-state index >= 15 is 0 Å². The molecule has 0 radical (unpaired) electrons. The standard InChI is InChI=1S/C15H22N6O4/c1-4-25-15(24)21-7-5-20(6-8-21)9-10-16-11-12(17-10)18(2)14(23)19(3)13(11)22/h4-9H2,1-3H3,(H,16,17)/p+1. The van der Waals surface area contributed by atoms with Crippen molar-refractivity contribution in [3.63, 3.8) is 0 Å². The fraction of sp³-hybridized carbons (Fsp3) is 0.600. The predicted molar refractivity (Wildman–Crippen MR) is 89.6 cm³/mol. The van der Waals surface area contributed by atoms with Crippen LogP contribution in [0.4, 0.5) is 4.79 Å². The van der Waals surface area contributed by atoms with Gasteiger partial charge in [-0.3, -0.25) is 18.8 Å². The number of amides is 1. The largest absolute Gasteiger partial charge is 0.450 e. The molecule has 2 aromatic heterocycles. The summed E-state index contributed by atoms with van der Waals surface area (Å²) < 4.78 is 7.44. The number of nitrogens with one attached hydrogen (secondary N) is 2. The van der Waals surface area contributed by atoms with Crippen molar-refractivity contribution in [1.29, 1.82) is 0 Å². The maximum atomic E-state index is 12.2. The molecule has 3 rings (SSSR count). The van der Waals surface area contributed by atoms with Crippen molar-refractivity contribution in [2.24, 2.45) is 14.1 Å². The molecule has 1 amide bonds. The topological polar surface area (TPSA) is 107 Å². The van der Waals surface area contributed by atoms with Crippen molar-refractivity contribution in [1.82, 2.24) is 24.0 Å². The Morgan fingerprint density at radius 3 is 2.56 bits per heavy atom. The van der Waals surface area contributed by atoms with Crippen LogP contribution in [-0.2, 0) is 25.4 Å². The molecule has 136 valence electrons. The molecular formula is C15H23N6O4+. The SMILES string of the molecule is CCOC(=O)N1CC[NH+](Cc2nc3c([nH]2)c(=O)n(C)c(=O)n3C)CC1. The normalized spacial score (nSPS) is 15.7. The maximum Gasteiger partial charge on any atom is 0.410 e. The maximum absolute atomic E-state index is 12.2. The minimum absolute atomic E-state index is 0.274. The van der Waals surface area contributed by atoms with Crippen LogP contribution in [0.3, 0.4) is 0 Å². The molecule has 1 fully saturated rings. The number of aromatic amines is 1. The van der Waals surface area contributed by atoms with E-state index < -0.39 is 5.69 Å². The smallest absolute Gasteiger partial charge is 0.410 e. The Bertz CT molecular complexity index is 903. The number of piperazine rings is 1. The van der Waals surface area contributed by atoms with E-state index in [2.05, 4.69) is 9.97 Å². The first-order valence-corrected chi connectivity index (χ1v) is 8.32. The average molecular weight is 351 g/mol. The van der Waals surface area contributed by atoms with Crippen LogP contribution in [0.1, 0.15) is 12.7 Å². The first-order valence-electron chi connectivity index (χ1n) is 8.32. The Labute approximate surface area is 143 Å². The molecule has 0 spiro atoms. The minimum Gasteiger partial charge on any atom is -0.450 e. The van der Waals surface area contributed by atoms with Gasteiger partial charge in [-0.15, -0.1) is 0 Å². The predicted octanol–water partition coefficient (Wildman–Crippen LogP) is -2.18. The van der Waals surface area contributed by atoms with E-state index in [1.807, 2.05) is 0 Å². The number of imidazole rings is 1. The van der Waals surface area contributed by atoms with E-state index in [0.717, 1.165) is 17.7 Å². The summed E-state index contributed by atoms with van der Waals surface area (Å²) in [4.78, 5) is 46.3. The molecular weight excluding hydrogens is 328 g/mol.